The molecule has 0 saturated carbocycles. The minimum atomic E-state index is -5.40. The highest BCUT2D eigenvalue weighted by atomic mass is 35.5. The van der Waals surface area contributed by atoms with Crippen molar-refractivity contribution in [2.24, 2.45) is 0 Å². The Labute approximate surface area is 248 Å². The number of piperidine rings is 1. The minimum absolute atomic E-state index is 0.0597. The minimum Gasteiger partial charge on any atom is -0.376 e. The number of benzene rings is 3. The van der Waals surface area contributed by atoms with Crippen LogP contribution < -0.4 is 5.32 Å². The molecule has 5 rings (SSSR count). The second-order valence-electron chi connectivity index (χ2n) is 9.57. The van der Waals surface area contributed by atoms with Gasteiger partial charge in [0.1, 0.15) is 11.4 Å². The molecule has 0 amide bonds. The van der Waals surface area contributed by atoms with Crippen LogP contribution >= 0.6 is 34.8 Å². The van der Waals surface area contributed by atoms with E-state index in [0.29, 0.717) is 47.8 Å². The zero-order valence-corrected chi connectivity index (χ0v) is 24.1. The van der Waals surface area contributed by atoms with Gasteiger partial charge >= 0.3 is 15.5 Å². The SMILES string of the molecule is O=S(=O)(N1CCC(Nc2nc(Cl)nc3ccc(C(O)(c4ccc(Cl)cc4)c4ccc(Cl)cc4)cc23)CC1)C(F)(F)F. The fourth-order valence-electron chi connectivity index (χ4n) is 4.90. The van der Waals surface area contributed by atoms with Crippen LogP contribution in [0.1, 0.15) is 29.5 Å². The molecule has 1 aliphatic heterocycles. The quantitative estimate of drug-likeness (QED) is 0.181. The summed E-state index contributed by atoms with van der Waals surface area (Å²) in [5.74, 6) is 0.300. The van der Waals surface area contributed by atoms with Gasteiger partial charge in [-0.1, -0.05) is 53.5 Å². The fraction of sp³-hybridized carbons (Fsp3) is 0.259. The number of aliphatic hydroxyl groups is 1. The van der Waals surface area contributed by atoms with Crippen molar-refractivity contribution in [1.82, 2.24) is 14.3 Å². The second-order valence-corrected chi connectivity index (χ2v) is 12.7. The van der Waals surface area contributed by atoms with Crippen LogP contribution in [0.3, 0.4) is 0 Å². The van der Waals surface area contributed by atoms with E-state index in [0.717, 1.165) is 0 Å². The molecule has 0 atom stereocenters. The number of halogens is 6. The summed E-state index contributed by atoms with van der Waals surface area (Å²) in [6, 6.07) is 18.2. The molecule has 0 unspecified atom stereocenters. The summed E-state index contributed by atoms with van der Waals surface area (Å²) in [5.41, 5.74) is -5.00. The first-order valence-electron chi connectivity index (χ1n) is 12.3. The van der Waals surface area contributed by atoms with E-state index in [2.05, 4.69) is 15.3 Å². The molecule has 4 aromatic rings. The highest BCUT2D eigenvalue weighted by molar-refractivity contribution is 7.90. The molecule has 2 N–H and O–H groups in total. The van der Waals surface area contributed by atoms with Crippen molar-refractivity contribution in [2.75, 3.05) is 18.4 Å². The predicted octanol–water partition coefficient (Wildman–Crippen LogP) is 6.60. The monoisotopic (exact) mass is 644 g/mol. The third-order valence-electron chi connectivity index (χ3n) is 7.04. The summed E-state index contributed by atoms with van der Waals surface area (Å²) < 4.78 is 63.0. The lowest BCUT2D eigenvalue weighted by molar-refractivity contribution is -0.0494. The molecule has 3 aromatic carbocycles. The van der Waals surface area contributed by atoms with Crippen molar-refractivity contribution in [2.45, 2.75) is 30.0 Å². The lowest BCUT2D eigenvalue weighted by Gasteiger charge is -2.32. The molecule has 1 saturated heterocycles. The van der Waals surface area contributed by atoms with E-state index in [1.807, 2.05) is 0 Å². The Morgan fingerprint density at radius 2 is 1.34 bits per heavy atom. The normalized spacial score (nSPS) is 15.8. The highest BCUT2D eigenvalue weighted by Gasteiger charge is 2.50. The van der Waals surface area contributed by atoms with Crippen LogP contribution in [0.4, 0.5) is 19.0 Å². The number of hydrogen-bond acceptors (Lipinski definition) is 6. The smallest absolute Gasteiger partial charge is 0.376 e. The van der Waals surface area contributed by atoms with Crippen LogP contribution in [-0.2, 0) is 15.6 Å². The lowest BCUT2D eigenvalue weighted by atomic mass is 9.80. The van der Waals surface area contributed by atoms with Crippen molar-refractivity contribution in [1.29, 1.82) is 0 Å². The van der Waals surface area contributed by atoms with Gasteiger partial charge in [-0.25, -0.2) is 18.4 Å². The van der Waals surface area contributed by atoms with Crippen LogP contribution in [0.2, 0.25) is 15.3 Å². The molecule has 1 fully saturated rings. The molecule has 0 spiro atoms. The first-order chi connectivity index (χ1) is 19.3. The topological polar surface area (TPSA) is 95.4 Å². The summed E-state index contributed by atoms with van der Waals surface area (Å²) in [7, 11) is -5.40. The molecule has 0 radical (unpaired) electrons. The number of rotatable bonds is 6. The van der Waals surface area contributed by atoms with E-state index in [1.54, 1.807) is 66.7 Å². The number of alkyl halides is 3. The molecule has 14 heteroatoms. The van der Waals surface area contributed by atoms with E-state index < -0.39 is 21.1 Å². The average Bonchev–Trinajstić information content (AvgIpc) is 2.93. The third kappa shape index (κ3) is 5.84. The Morgan fingerprint density at radius 3 is 1.85 bits per heavy atom. The maximum absolute atomic E-state index is 13.0. The zero-order chi connectivity index (χ0) is 29.6. The molecule has 41 heavy (non-hydrogen) atoms. The van der Waals surface area contributed by atoms with Gasteiger partial charge in [0.2, 0.25) is 5.28 Å². The summed E-state index contributed by atoms with van der Waals surface area (Å²) in [5, 5.41) is 16.9. The van der Waals surface area contributed by atoms with Crippen LogP contribution in [0.5, 0.6) is 0 Å². The zero-order valence-electron chi connectivity index (χ0n) is 21.0. The van der Waals surface area contributed by atoms with Gasteiger partial charge in [-0.15, -0.1) is 0 Å². The number of sulfonamides is 1. The molecule has 2 heterocycles. The Morgan fingerprint density at radius 1 is 0.829 bits per heavy atom. The Kier molecular flexibility index (Phi) is 8.14. The average molecular weight is 646 g/mol. The molecule has 216 valence electrons. The van der Waals surface area contributed by atoms with E-state index in [1.165, 1.54) is 0 Å². The number of hydrogen-bond donors (Lipinski definition) is 2. The predicted molar refractivity (Wildman–Crippen MR) is 153 cm³/mol. The lowest BCUT2D eigenvalue weighted by Crippen LogP contribution is -2.47. The first kappa shape index (κ1) is 29.8. The van der Waals surface area contributed by atoms with Gasteiger partial charge in [-0.2, -0.15) is 17.5 Å². The van der Waals surface area contributed by atoms with Crippen LogP contribution in [0.15, 0.2) is 66.7 Å². The maximum atomic E-state index is 13.0. The maximum Gasteiger partial charge on any atom is 0.511 e. The standard InChI is InChI=1S/C27H22Cl3F3N4O3S/c28-19-6-1-16(2-7-19)26(38,17-3-8-20(29)9-4-17)18-5-10-23-22(15-18)24(36-25(30)35-23)34-21-11-13-37(14-12-21)41(39,40)27(31,32)33/h1-10,15,21,38H,11-14H2,(H,34,35,36). The number of aromatic nitrogens is 2. The van der Waals surface area contributed by atoms with E-state index in [-0.39, 0.29) is 37.3 Å². The van der Waals surface area contributed by atoms with Crippen molar-refractivity contribution < 1.29 is 26.7 Å². The van der Waals surface area contributed by atoms with Crippen molar-refractivity contribution in [3.63, 3.8) is 0 Å². The first-order valence-corrected chi connectivity index (χ1v) is 14.9. The highest BCUT2D eigenvalue weighted by Crippen LogP contribution is 2.40. The Hall–Kier alpha value is -2.67. The van der Waals surface area contributed by atoms with Gasteiger partial charge in [0.25, 0.3) is 0 Å². The summed E-state index contributed by atoms with van der Waals surface area (Å²) >= 11 is 18.4. The molecule has 1 aliphatic rings. The van der Waals surface area contributed by atoms with Gasteiger partial charge in [0.05, 0.1) is 5.52 Å². The molecular formula is C27H22Cl3F3N4O3S. The van der Waals surface area contributed by atoms with Crippen LogP contribution in [-0.4, -0.2) is 52.4 Å². The molecular weight excluding hydrogens is 624 g/mol. The summed E-state index contributed by atoms with van der Waals surface area (Å²) in [6.07, 6.45) is 0.217. The number of nitrogens with zero attached hydrogens (tertiary/aromatic N) is 3. The molecule has 0 aliphatic carbocycles. The van der Waals surface area contributed by atoms with Crippen molar-refractivity contribution in [3.05, 3.63) is 98.7 Å². The van der Waals surface area contributed by atoms with Gasteiger partial charge in [0, 0.05) is 34.6 Å². The summed E-state index contributed by atoms with van der Waals surface area (Å²) in [4.78, 5) is 8.59. The molecule has 7 nitrogen and oxygen atoms in total. The molecule has 0 bridgehead atoms. The molecule has 1 aromatic heterocycles. The summed E-state index contributed by atoms with van der Waals surface area (Å²) in [6.45, 7) is -0.622. The Bertz CT molecular complexity index is 1640. The van der Waals surface area contributed by atoms with Gasteiger partial charge in [0.15, 0.2) is 0 Å². The fourth-order valence-corrected chi connectivity index (χ4v) is 6.31. The van der Waals surface area contributed by atoms with Gasteiger partial charge in [-0.3, -0.25) is 0 Å². The van der Waals surface area contributed by atoms with E-state index in [9.17, 15) is 26.7 Å². The van der Waals surface area contributed by atoms with Gasteiger partial charge in [-0.05, 0) is 77.5 Å². The van der Waals surface area contributed by atoms with E-state index >= 15 is 0 Å². The third-order valence-corrected chi connectivity index (χ3v) is 9.34. The van der Waals surface area contributed by atoms with Gasteiger partial charge < -0.3 is 10.4 Å². The number of nitrogens with one attached hydrogen (secondary N) is 1. The number of fused-ring (bicyclic) bond motifs is 1. The number of anilines is 1. The van der Waals surface area contributed by atoms with Crippen LogP contribution in [0.25, 0.3) is 10.9 Å². The Balaban J connectivity index is 1.52. The van der Waals surface area contributed by atoms with Crippen molar-refractivity contribution in [3.8, 4) is 0 Å². The van der Waals surface area contributed by atoms with Crippen LogP contribution in [0, 0.1) is 0 Å². The second kappa shape index (κ2) is 11.2. The van der Waals surface area contributed by atoms with E-state index in [4.69, 9.17) is 34.8 Å². The van der Waals surface area contributed by atoms with Crippen molar-refractivity contribution >= 4 is 61.5 Å². The largest absolute Gasteiger partial charge is 0.511 e.